The SMILES string of the molecule is CCCNC(=O)N(C1CCOCC1)C1CCN(Cc2ccc[nH]2)CC1. The fraction of sp³-hybridized carbons (Fsp3) is 0.737. The maximum absolute atomic E-state index is 12.8. The molecule has 2 aliphatic rings. The van der Waals surface area contributed by atoms with Crippen molar-refractivity contribution in [3.63, 3.8) is 0 Å². The predicted octanol–water partition coefficient (Wildman–Crippen LogP) is 2.58. The number of nitrogens with one attached hydrogen (secondary N) is 2. The average Bonchev–Trinajstić information content (AvgIpc) is 3.15. The second kappa shape index (κ2) is 9.25. The number of likely N-dealkylation sites (tertiary alicyclic amines) is 1. The number of hydrogen-bond acceptors (Lipinski definition) is 3. The van der Waals surface area contributed by atoms with Gasteiger partial charge >= 0.3 is 6.03 Å². The molecular formula is C19H32N4O2. The number of piperidine rings is 1. The zero-order valence-electron chi connectivity index (χ0n) is 15.4. The molecule has 1 aromatic rings. The van der Waals surface area contributed by atoms with Gasteiger partial charge in [-0.1, -0.05) is 6.92 Å². The van der Waals surface area contributed by atoms with Crippen LogP contribution in [0.4, 0.5) is 4.79 Å². The van der Waals surface area contributed by atoms with Crippen molar-refractivity contribution in [2.75, 3.05) is 32.8 Å². The maximum Gasteiger partial charge on any atom is 0.317 e. The van der Waals surface area contributed by atoms with Crippen molar-refractivity contribution in [1.29, 1.82) is 0 Å². The first kappa shape index (κ1) is 18.3. The van der Waals surface area contributed by atoms with E-state index in [1.807, 2.05) is 12.3 Å². The molecule has 2 fully saturated rings. The zero-order valence-corrected chi connectivity index (χ0v) is 15.4. The third kappa shape index (κ3) is 4.98. The molecule has 0 bridgehead atoms. The molecule has 3 heterocycles. The molecule has 0 unspecified atom stereocenters. The molecule has 2 N–H and O–H groups in total. The van der Waals surface area contributed by atoms with Crippen molar-refractivity contribution in [3.8, 4) is 0 Å². The molecular weight excluding hydrogens is 316 g/mol. The predicted molar refractivity (Wildman–Crippen MR) is 98.5 cm³/mol. The van der Waals surface area contributed by atoms with Gasteiger partial charge in [0, 0.05) is 63.4 Å². The van der Waals surface area contributed by atoms with Gasteiger partial charge in [-0.3, -0.25) is 4.90 Å². The monoisotopic (exact) mass is 348 g/mol. The Labute approximate surface area is 150 Å². The molecule has 0 radical (unpaired) electrons. The Morgan fingerprint density at radius 3 is 2.64 bits per heavy atom. The van der Waals surface area contributed by atoms with Gasteiger partial charge in [-0.05, 0) is 44.2 Å². The molecule has 140 valence electrons. The minimum Gasteiger partial charge on any atom is -0.381 e. The van der Waals surface area contributed by atoms with Gasteiger partial charge in [0.25, 0.3) is 0 Å². The molecule has 2 amide bonds. The highest BCUT2D eigenvalue weighted by atomic mass is 16.5. The summed E-state index contributed by atoms with van der Waals surface area (Å²) in [6.07, 6.45) is 6.98. The standard InChI is InChI=1S/C19H32N4O2/c1-2-9-21-19(24)23(18-7-13-25-14-8-18)17-5-11-22(12-6-17)15-16-4-3-10-20-16/h3-4,10,17-18,20H,2,5-9,11-15H2,1H3,(H,21,24). The lowest BCUT2D eigenvalue weighted by Gasteiger charge is -2.43. The topological polar surface area (TPSA) is 60.6 Å². The van der Waals surface area contributed by atoms with Gasteiger partial charge < -0.3 is 19.9 Å². The number of aromatic nitrogens is 1. The van der Waals surface area contributed by atoms with Gasteiger partial charge in [0.05, 0.1) is 0 Å². The summed E-state index contributed by atoms with van der Waals surface area (Å²) in [5.41, 5.74) is 1.26. The molecule has 6 heteroatoms. The first-order valence-electron chi connectivity index (χ1n) is 9.76. The number of carbonyl (C=O) groups is 1. The van der Waals surface area contributed by atoms with Crippen molar-refractivity contribution in [2.45, 2.75) is 57.7 Å². The van der Waals surface area contributed by atoms with Crippen LogP contribution in [0.25, 0.3) is 0 Å². The van der Waals surface area contributed by atoms with E-state index >= 15 is 0 Å². The first-order chi connectivity index (χ1) is 12.3. The fourth-order valence-corrected chi connectivity index (χ4v) is 3.98. The van der Waals surface area contributed by atoms with E-state index in [1.165, 1.54) is 5.69 Å². The number of carbonyl (C=O) groups excluding carboxylic acids is 1. The number of urea groups is 1. The summed E-state index contributed by atoms with van der Waals surface area (Å²) in [6, 6.07) is 4.98. The molecule has 3 rings (SSSR count). The van der Waals surface area contributed by atoms with Crippen molar-refractivity contribution in [1.82, 2.24) is 20.1 Å². The quantitative estimate of drug-likeness (QED) is 0.831. The number of aromatic amines is 1. The van der Waals surface area contributed by atoms with Crippen molar-refractivity contribution >= 4 is 6.03 Å². The van der Waals surface area contributed by atoms with Gasteiger partial charge in [0.1, 0.15) is 0 Å². The maximum atomic E-state index is 12.8. The Morgan fingerprint density at radius 2 is 2.00 bits per heavy atom. The number of H-pyrrole nitrogens is 1. The Morgan fingerprint density at radius 1 is 1.28 bits per heavy atom. The molecule has 0 atom stereocenters. The minimum absolute atomic E-state index is 0.122. The summed E-state index contributed by atoms with van der Waals surface area (Å²) in [7, 11) is 0. The van der Waals surface area contributed by atoms with Crippen molar-refractivity contribution < 1.29 is 9.53 Å². The second-order valence-corrected chi connectivity index (χ2v) is 7.19. The van der Waals surface area contributed by atoms with E-state index in [0.717, 1.165) is 71.5 Å². The smallest absolute Gasteiger partial charge is 0.317 e. The van der Waals surface area contributed by atoms with E-state index in [0.29, 0.717) is 12.1 Å². The molecule has 2 saturated heterocycles. The van der Waals surface area contributed by atoms with E-state index < -0.39 is 0 Å². The third-order valence-electron chi connectivity index (χ3n) is 5.35. The Hall–Kier alpha value is -1.53. The Kier molecular flexibility index (Phi) is 6.76. The highest BCUT2D eigenvalue weighted by Gasteiger charge is 2.33. The van der Waals surface area contributed by atoms with Crippen LogP contribution in [-0.4, -0.2) is 65.7 Å². The van der Waals surface area contributed by atoms with Crippen LogP contribution >= 0.6 is 0 Å². The molecule has 0 aliphatic carbocycles. The van der Waals surface area contributed by atoms with E-state index in [4.69, 9.17) is 4.74 Å². The molecule has 0 spiro atoms. The number of rotatable bonds is 6. The first-order valence-corrected chi connectivity index (χ1v) is 9.76. The Bertz CT molecular complexity index is 506. The van der Waals surface area contributed by atoms with Crippen LogP contribution in [0, 0.1) is 0 Å². The van der Waals surface area contributed by atoms with Gasteiger partial charge in [-0.2, -0.15) is 0 Å². The van der Waals surface area contributed by atoms with E-state index in [9.17, 15) is 4.79 Å². The second-order valence-electron chi connectivity index (χ2n) is 7.19. The number of hydrogen-bond donors (Lipinski definition) is 2. The fourth-order valence-electron chi connectivity index (χ4n) is 3.98. The Balaban J connectivity index is 1.57. The lowest BCUT2D eigenvalue weighted by molar-refractivity contribution is 0.0203. The zero-order chi connectivity index (χ0) is 17.5. The van der Waals surface area contributed by atoms with Crippen LogP contribution in [0.15, 0.2) is 18.3 Å². The van der Waals surface area contributed by atoms with Crippen LogP contribution in [0.2, 0.25) is 0 Å². The summed E-state index contributed by atoms with van der Waals surface area (Å²) < 4.78 is 5.50. The molecule has 0 saturated carbocycles. The average molecular weight is 348 g/mol. The molecule has 1 aromatic heterocycles. The highest BCUT2D eigenvalue weighted by molar-refractivity contribution is 5.75. The summed E-state index contributed by atoms with van der Waals surface area (Å²) in [4.78, 5) is 20.7. The van der Waals surface area contributed by atoms with E-state index in [1.54, 1.807) is 0 Å². The highest BCUT2D eigenvalue weighted by Crippen LogP contribution is 2.24. The van der Waals surface area contributed by atoms with Crippen LogP contribution in [0.5, 0.6) is 0 Å². The van der Waals surface area contributed by atoms with Gasteiger partial charge in [0.2, 0.25) is 0 Å². The van der Waals surface area contributed by atoms with Crippen LogP contribution < -0.4 is 5.32 Å². The summed E-state index contributed by atoms with van der Waals surface area (Å²) in [5, 5.41) is 3.10. The summed E-state index contributed by atoms with van der Waals surface area (Å²) in [5.74, 6) is 0. The summed E-state index contributed by atoms with van der Waals surface area (Å²) >= 11 is 0. The number of nitrogens with zero attached hydrogens (tertiary/aromatic N) is 2. The lowest BCUT2D eigenvalue weighted by atomic mass is 9.98. The molecule has 6 nitrogen and oxygen atoms in total. The largest absolute Gasteiger partial charge is 0.381 e. The molecule has 2 aliphatic heterocycles. The summed E-state index contributed by atoms with van der Waals surface area (Å²) in [6.45, 7) is 7.46. The third-order valence-corrected chi connectivity index (χ3v) is 5.35. The number of amides is 2. The molecule has 0 aromatic carbocycles. The van der Waals surface area contributed by atoms with Crippen molar-refractivity contribution in [3.05, 3.63) is 24.0 Å². The molecule has 25 heavy (non-hydrogen) atoms. The van der Waals surface area contributed by atoms with Gasteiger partial charge in [-0.25, -0.2) is 4.79 Å². The van der Waals surface area contributed by atoms with Crippen LogP contribution in [0.3, 0.4) is 0 Å². The van der Waals surface area contributed by atoms with Gasteiger partial charge in [-0.15, -0.1) is 0 Å². The van der Waals surface area contributed by atoms with E-state index in [2.05, 4.69) is 33.1 Å². The normalized spacial score (nSPS) is 20.5. The van der Waals surface area contributed by atoms with Crippen LogP contribution in [0.1, 0.15) is 44.7 Å². The lowest BCUT2D eigenvalue weighted by Crippen LogP contribution is -2.56. The number of ether oxygens (including phenoxy) is 1. The van der Waals surface area contributed by atoms with Crippen molar-refractivity contribution in [2.24, 2.45) is 0 Å². The van der Waals surface area contributed by atoms with Gasteiger partial charge in [0.15, 0.2) is 0 Å². The van der Waals surface area contributed by atoms with Crippen LogP contribution in [-0.2, 0) is 11.3 Å². The minimum atomic E-state index is 0.122. The van der Waals surface area contributed by atoms with E-state index in [-0.39, 0.29) is 6.03 Å².